The van der Waals surface area contributed by atoms with Crippen LogP contribution in [0.25, 0.3) is 10.9 Å². The summed E-state index contributed by atoms with van der Waals surface area (Å²) in [6.07, 6.45) is 1.69. The fourth-order valence-corrected chi connectivity index (χ4v) is 2.00. The molecular formula is C15H12FN3O. The first-order chi connectivity index (χ1) is 9.63. The molecule has 0 aliphatic carbocycles. The number of amides is 1. The van der Waals surface area contributed by atoms with Crippen molar-refractivity contribution in [3.05, 3.63) is 59.5 Å². The molecule has 0 radical (unpaired) electrons. The maximum atomic E-state index is 13.2. The topological polar surface area (TPSA) is 57.8 Å². The normalized spacial score (nSPS) is 10.7. The maximum Gasteiger partial charge on any atom is 0.255 e. The molecule has 3 aromatic rings. The Hall–Kier alpha value is -2.69. The Bertz CT molecular complexity index is 795. The largest absolute Gasteiger partial charge is 0.322 e. The molecule has 0 fully saturated rings. The van der Waals surface area contributed by atoms with Crippen LogP contribution in [0.4, 0.5) is 10.1 Å². The predicted octanol–water partition coefficient (Wildman–Crippen LogP) is 3.26. The molecule has 100 valence electrons. The number of halogens is 1. The molecule has 0 bridgehead atoms. The molecule has 0 aliphatic heterocycles. The SMILES string of the molecule is Cc1ccc(F)cc1NC(=O)c1ccc2cn[nH]c2c1. The van der Waals surface area contributed by atoms with Crippen LogP contribution in [0.5, 0.6) is 0 Å². The van der Waals surface area contributed by atoms with Gasteiger partial charge in [-0.15, -0.1) is 0 Å². The number of aromatic amines is 1. The van der Waals surface area contributed by atoms with Crippen LogP contribution in [-0.4, -0.2) is 16.1 Å². The minimum absolute atomic E-state index is 0.282. The lowest BCUT2D eigenvalue weighted by atomic mass is 10.1. The quantitative estimate of drug-likeness (QED) is 0.750. The van der Waals surface area contributed by atoms with Crippen LogP contribution in [0, 0.1) is 12.7 Å². The average Bonchev–Trinajstić information content (AvgIpc) is 2.90. The van der Waals surface area contributed by atoms with Gasteiger partial charge >= 0.3 is 0 Å². The number of carbonyl (C=O) groups is 1. The highest BCUT2D eigenvalue weighted by Crippen LogP contribution is 2.18. The Kier molecular flexibility index (Phi) is 2.95. The number of hydrogen-bond donors (Lipinski definition) is 2. The van der Waals surface area contributed by atoms with Gasteiger partial charge in [0.15, 0.2) is 0 Å². The molecule has 2 aromatic carbocycles. The summed E-state index contributed by atoms with van der Waals surface area (Å²) in [5.74, 6) is -0.662. The first kappa shape index (κ1) is 12.3. The van der Waals surface area contributed by atoms with Gasteiger partial charge in [0.05, 0.1) is 11.7 Å². The van der Waals surface area contributed by atoms with Crippen molar-refractivity contribution in [1.29, 1.82) is 0 Å². The standard InChI is InChI=1S/C15H12FN3O/c1-9-2-5-12(16)7-13(9)18-15(20)10-3-4-11-8-17-19-14(11)6-10/h2-8H,1H3,(H,17,19)(H,18,20). The zero-order valence-corrected chi connectivity index (χ0v) is 10.8. The molecule has 0 atom stereocenters. The molecule has 5 heteroatoms. The van der Waals surface area contributed by atoms with E-state index in [2.05, 4.69) is 15.5 Å². The van der Waals surface area contributed by atoms with Gasteiger partial charge in [-0.3, -0.25) is 9.89 Å². The molecule has 1 aromatic heterocycles. The third kappa shape index (κ3) is 2.25. The molecule has 0 saturated carbocycles. The molecule has 3 rings (SSSR count). The van der Waals surface area contributed by atoms with Crippen molar-refractivity contribution < 1.29 is 9.18 Å². The highest BCUT2D eigenvalue weighted by molar-refractivity contribution is 6.06. The average molecular weight is 269 g/mol. The second-order valence-electron chi connectivity index (χ2n) is 4.59. The van der Waals surface area contributed by atoms with Crippen molar-refractivity contribution in [2.45, 2.75) is 6.92 Å². The lowest BCUT2D eigenvalue weighted by Gasteiger charge is -2.08. The molecule has 0 aliphatic rings. The van der Waals surface area contributed by atoms with Crippen molar-refractivity contribution in [3.63, 3.8) is 0 Å². The van der Waals surface area contributed by atoms with Gasteiger partial charge in [-0.05, 0) is 36.8 Å². The van der Waals surface area contributed by atoms with Crippen LogP contribution in [0.1, 0.15) is 15.9 Å². The molecule has 2 N–H and O–H groups in total. The van der Waals surface area contributed by atoms with Crippen molar-refractivity contribution in [1.82, 2.24) is 10.2 Å². The summed E-state index contributed by atoms with van der Waals surface area (Å²) in [7, 11) is 0. The summed E-state index contributed by atoms with van der Waals surface area (Å²) in [4.78, 5) is 12.2. The highest BCUT2D eigenvalue weighted by Gasteiger charge is 2.09. The van der Waals surface area contributed by atoms with E-state index in [1.807, 2.05) is 13.0 Å². The Balaban J connectivity index is 1.90. The van der Waals surface area contributed by atoms with Crippen molar-refractivity contribution >= 4 is 22.5 Å². The van der Waals surface area contributed by atoms with Gasteiger partial charge in [-0.25, -0.2) is 4.39 Å². The number of aryl methyl sites for hydroxylation is 1. The number of benzene rings is 2. The molecule has 1 amide bonds. The van der Waals surface area contributed by atoms with Crippen LogP contribution in [0.3, 0.4) is 0 Å². The predicted molar refractivity (Wildman–Crippen MR) is 75.2 cm³/mol. The molecular weight excluding hydrogens is 257 g/mol. The van der Waals surface area contributed by atoms with Crippen molar-refractivity contribution in [3.8, 4) is 0 Å². The zero-order chi connectivity index (χ0) is 14.1. The first-order valence-corrected chi connectivity index (χ1v) is 6.14. The van der Waals surface area contributed by atoms with Gasteiger partial charge < -0.3 is 5.32 Å². The van der Waals surface area contributed by atoms with Crippen LogP contribution in [0.2, 0.25) is 0 Å². The number of H-pyrrole nitrogens is 1. The van der Waals surface area contributed by atoms with E-state index in [0.29, 0.717) is 11.3 Å². The third-order valence-electron chi connectivity index (χ3n) is 3.15. The number of nitrogens with zero attached hydrogens (tertiary/aromatic N) is 1. The van der Waals surface area contributed by atoms with Crippen molar-refractivity contribution in [2.24, 2.45) is 0 Å². The van der Waals surface area contributed by atoms with E-state index >= 15 is 0 Å². The molecule has 0 spiro atoms. The summed E-state index contributed by atoms with van der Waals surface area (Å²) < 4.78 is 13.2. The molecule has 20 heavy (non-hydrogen) atoms. The second kappa shape index (κ2) is 4.77. The molecule has 1 heterocycles. The number of anilines is 1. The van der Waals surface area contributed by atoms with E-state index in [1.54, 1.807) is 24.4 Å². The number of hydrogen-bond acceptors (Lipinski definition) is 2. The Labute approximate surface area is 114 Å². The summed E-state index contributed by atoms with van der Waals surface area (Å²) in [5.41, 5.74) is 2.56. The number of carbonyl (C=O) groups excluding carboxylic acids is 1. The summed E-state index contributed by atoms with van der Waals surface area (Å²) >= 11 is 0. The van der Waals surface area contributed by atoms with Gasteiger partial charge in [0.1, 0.15) is 5.82 Å². The van der Waals surface area contributed by atoms with Crippen LogP contribution < -0.4 is 5.32 Å². The number of fused-ring (bicyclic) bond motifs is 1. The minimum atomic E-state index is -0.380. The van der Waals surface area contributed by atoms with E-state index in [0.717, 1.165) is 16.5 Å². The summed E-state index contributed by atoms with van der Waals surface area (Å²) in [6.45, 7) is 1.81. The Morgan fingerprint density at radius 1 is 1.25 bits per heavy atom. The molecule has 0 saturated heterocycles. The fraction of sp³-hybridized carbons (Fsp3) is 0.0667. The lowest BCUT2D eigenvalue weighted by molar-refractivity contribution is 0.102. The van der Waals surface area contributed by atoms with Gasteiger partial charge in [0.2, 0.25) is 0 Å². The molecule has 4 nitrogen and oxygen atoms in total. The van der Waals surface area contributed by atoms with Crippen molar-refractivity contribution in [2.75, 3.05) is 5.32 Å². The Morgan fingerprint density at radius 2 is 2.10 bits per heavy atom. The van der Waals surface area contributed by atoms with Gasteiger partial charge in [-0.2, -0.15) is 5.10 Å². The number of nitrogens with one attached hydrogen (secondary N) is 2. The first-order valence-electron chi connectivity index (χ1n) is 6.14. The molecule has 0 unspecified atom stereocenters. The Morgan fingerprint density at radius 3 is 2.95 bits per heavy atom. The smallest absolute Gasteiger partial charge is 0.255 e. The van der Waals surface area contributed by atoms with Gasteiger partial charge in [-0.1, -0.05) is 12.1 Å². The lowest BCUT2D eigenvalue weighted by Crippen LogP contribution is -2.12. The zero-order valence-electron chi connectivity index (χ0n) is 10.8. The highest BCUT2D eigenvalue weighted by atomic mass is 19.1. The van der Waals surface area contributed by atoms with Crippen LogP contribution >= 0.6 is 0 Å². The van der Waals surface area contributed by atoms with Gasteiger partial charge in [0, 0.05) is 16.6 Å². The maximum absolute atomic E-state index is 13.2. The summed E-state index contributed by atoms with van der Waals surface area (Å²) in [6, 6.07) is 9.53. The third-order valence-corrected chi connectivity index (χ3v) is 3.15. The summed E-state index contributed by atoms with van der Waals surface area (Å²) in [5, 5.41) is 10.4. The van der Waals surface area contributed by atoms with E-state index in [9.17, 15) is 9.18 Å². The van der Waals surface area contributed by atoms with Crippen LogP contribution in [0.15, 0.2) is 42.6 Å². The monoisotopic (exact) mass is 269 g/mol. The number of rotatable bonds is 2. The second-order valence-corrected chi connectivity index (χ2v) is 4.59. The van der Waals surface area contributed by atoms with Gasteiger partial charge in [0.25, 0.3) is 5.91 Å². The van der Waals surface area contributed by atoms with Crippen LogP contribution in [-0.2, 0) is 0 Å². The number of aromatic nitrogens is 2. The van der Waals surface area contributed by atoms with E-state index < -0.39 is 0 Å². The van der Waals surface area contributed by atoms with E-state index in [-0.39, 0.29) is 11.7 Å². The fourth-order valence-electron chi connectivity index (χ4n) is 2.00. The van der Waals surface area contributed by atoms with E-state index in [1.165, 1.54) is 12.1 Å². The van der Waals surface area contributed by atoms with E-state index in [4.69, 9.17) is 0 Å². The minimum Gasteiger partial charge on any atom is -0.322 e.